The summed E-state index contributed by atoms with van der Waals surface area (Å²) in [7, 11) is 0. The van der Waals surface area contributed by atoms with Gasteiger partial charge in [0.05, 0.1) is 6.54 Å². The number of ether oxygens (including phenoxy) is 1. The first-order valence-corrected chi connectivity index (χ1v) is 6.85. The molecule has 1 rings (SSSR count). The summed E-state index contributed by atoms with van der Waals surface area (Å²) in [4.78, 5) is 11.4. The zero-order valence-electron chi connectivity index (χ0n) is 12.3. The Hall–Kier alpha value is -1.59. The van der Waals surface area contributed by atoms with Gasteiger partial charge in [-0.05, 0) is 32.9 Å². The van der Waals surface area contributed by atoms with Gasteiger partial charge in [0.15, 0.2) is 0 Å². The van der Waals surface area contributed by atoms with Gasteiger partial charge in [-0.25, -0.2) is 0 Å². The summed E-state index contributed by atoms with van der Waals surface area (Å²) in [6.45, 7) is 6.52. The zero-order chi connectivity index (χ0) is 15.0. The summed E-state index contributed by atoms with van der Waals surface area (Å²) < 4.78 is 5.45. The van der Waals surface area contributed by atoms with E-state index in [1.165, 1.54) is 0 Å². The second-order valence-corrected chi connectivity index (χ2v) is 5.13. The number of amides is 1. The molecular formula is C15H24N2O3. The van der Waals surface area contributed by atoms with Crippen LogP contribution in [0.4, 0.5) is 0 Å². The number of hydrogen-bond donors (Lipinski definition) is 3. The third-order valence-electron chi connectivity index (χ3n) is 2.58. The lowest BCUT2D eigenvalue weighted by Crippen LogP contribution is -2.41. The molecule has 112 valence electrons. The summed E-state index contributed by atoms with van der Waals surface area (Å²) >= 11 is 0. The Morgan fingerprint density at radius 3 is 2.55 bits per heavy atom. The van der Waals surface area contributed by atoms with Gasteiger partial charge in [-0.15, -0.1) is 0 Å². The minimum atomic E-state index is -0.650. The fourth-order valence-corrected chi connectivity index (χ4v) is 1.61. The molecule has 3 N–H and O–H groups in total. The first-order chi connectivity index (χ1) is 9.47. The topological polar surface area (TPSA) is 70.6 Å². The highest BCUT2D eigenvalue weighted by atomic mass is 16.5. The molecule has 1 aromatic rings. The van der Waals surface area contributed by atoms with E-state index in [0.717, 1.165) is 11.3 Å². The Balaban J connectivity index is 2.15. The number of aliphatic hydroxyl groups is 1. The quantitative estimate of drug-likeness (QED) is 0.660. The van der Waals surface area contributed by atoms with Crippen LogP contribution >= 0.6 is 0 Å². The number of benzene rings is 1. The number of hydrogen-bond acceptors (Lipinski definition) is 4. The fourth-order valence-electron chi connectivity index (χ4n) is 1.61. The number of aliphatic hydroxyl groups excluding tert-OH is 1. The van der Waals surface area contributed by atoms with E-state index in [0.29, 0.717) is 6.54 Å². The van der Waals surface area contributed by atoms with E-state index in [1.807, 2.05) is 45.0 Å². The van der Waals surface area contributed by atoms with Gasteiger partial charge in [-0.3, -0.25) is 4.79 Å². The van der Waals surface area contributed by atoms with Gasteiger partial charge < -0.3 is 20.5 Å². The van der Waals surface area contributed by atoms with Gasteiger partial charge in [0, 0.05) is 12.6 Å². The molecule has 0 spiro atoms. The van der Waals surface area contributed by atoms with Gasteiger partial charge in [0.2, 0.25) is 5.91 Å². The molecule has 0 aliphatic carbocycles. The van der Waals surface area contributed by atoms with Crippen LogP contribution in [0, 0.1) is 6.92 Å². The Kier molecular flexibility index (Phi) is 7.04. The average molecular weight is 280 g/mol. The van der Waals surface area contributed by atoms with Crippen LogP contribution in [0.2, 0.25) is 0 Å². The number of aryl methyl sites for hydroxylation is 1. The van der Waals surface area contributed by atoms with Gasteiger partial charge in [-0.2, -0.15) is 0 Å². The maximum Gasteiger partial charge on any atom is 0.234 e. The largest absolute Gasteiger partial charge is 0.491 e. The molecule has 0 heterocycles. The summed E-state index contributed by atoms with van der Waals surface area (Å²) in [5.41, 5.74) is 1.16. The highest BCUT2D eigenvalue weighted by Crippen LogP contribution is 2.11. The first-order valence-electron chi connectivity index (χ1n) is 6.85. The second-order valence-electron chi connectivity index (χ2n) is 5.13. The molecule has 1 unspecified atom stereocenters. The lowest BCUT2D eigenvalue weighted by Gasteiger charge is -2.14. The molecule has 0 saturated carbocycles. The molecular weight excluding hydrogens is 256 g/mol. The van der Waals surface area contributed by atoms with Crippen LogP contribution in [-0.2, 0) is 4.79 Å². The number of carbonyl (C=O) groups excluding carboxylic acids is 1. The third kappa shape index (κ3) is 7.11. The monoisotopic (exact) mass is 280 g/mol. The standard InChI is InChI=1S/C15H24N2O3/c1-11(2)17-15(19)9-16-8-13(18)10-20-14-6-4-12(3)5-7-14/h4-7,11,13,16,18H,8-10H2,1-3H3,(H,17,19). The number of rotatable bonds is 8. The van der Waals surface area contributed by atoms with E-state index >= 15 is 0 Å². The molecule has 1 amide bonds. The molecule has 1 atom stereocenters. The fraction of sp³-hybridized carbons (Fsp3) is 0.533. The third-order valence-corrected chi connectivity index (χ3v) is 2.58. The molecule has 0 saturated heterocycles. The minimum Gasteiger partial charge on any atom is -0.491 e. The van der Waals surface area contributed by atoms with Crippen LogP contribution in [0.15, 0.2) is 24.3 Å². The Labute approximate surface area is 120 Å². The predicted molar refractivity (Wildman–Crippen MR) is 78.8 cm³/mol. The van der Waals surface area contributed by atoms with E-state index in [9.17, 15) is 9.90 Å². The smallest absolute Gasteiger partial charge is 0.234 e. The van der Waals surface area contributed by atoms with Crippen LogP contribution in [-0.4, -0.2) is 42.9 Å². The van der Waals surface area contributed by atoms with E-state index in [-0.39, 0.29) is 25.1 Å². The summed E-state index contributed by atoms with van der Waals surface area (Å²) in [6.07, 6.45) is -0.650. The van der Waals surface area contributed by atoms with Crippen molar-refractivity contribution in [2.75, 3.05) is 19.7 Å². The first kappa shape index (κ1) is 16.5. The maximum atomic E-state index is 11.4. The van der Waals surface area contributed by atoms with E-state index in [2.05, 4.69) is 10.6 Å². The molecule has 5 nitrogen and oxygen atoms in total. The molecule has 0 radical (unpaired) electrons. The molecule has 0 fully saturated rings. The van der Waals surface area contributed by atoms with E-state index in [4.69, 9.17) is 4.74 Å². The van der Waals surface area contributed by atoms with Crippen molar-refractivity contribution in [1.82, 2.24) is 10.6 Å². The summed E-state index contributed by atoms with van der Waals surface area (Å²) in [5.74, 6) is 0.652. The van der Waals surface area contributed by atoms with Gasteiger partial charge in [-0.1, -0.05) is 17.7 Å². The molecule has 0 aromatic heterocycles. The van der Waals surface area contributed by atoms with Crippen molar-refractivity contribution >= 4 is 5.91 Å². The molecule has 0 bridgehead atoms. The summed E-state index contributed by atoms with van der Waals surface area (Å²) in [6, 6.07) is 7.77. The van der Waals surface area contributed by atoms with E-state index in [1.54, 1.807) is 0 Å². The highest BCUT2D eigenvalue weighted by molar-refractivity contribution is 5.78. The van der Waals surface area contributed by atoms with Crippen molar-refractivity contribution < 1.29 is 14.6 Å². The van der Waals surface area contributed by atoms with Crippen LogP contribution in [0.25, 0.3) is 0 Å². The summed E-state index contributed by atoms with van der Waals surface area (Å²) in [5, 5.41) is 15.4. The van der Waals surface area contributed by atoms with Crippen molar-refractivity contribution in [1.29, 1.82) is 0 Å². The van der Waals surface area contributed by atoms with Gasteiger partial charge in [0.25, 0.3) is 0 Å². The van der Waals surface area contributed by atoms with Crippen LogP contribution in [0.3, 0.4) is 0 Å². The van der Waals surface area contributed by atoms with Crippen molar-refractivity contribution in [2.24, 2.45) is 0 Å². The molecule has 20 heavy (non-hydrogen) atoms. The normalized spacial score (nSPS) is 12.2. The van der Waals surface area contributed by atoms with Crippen molar-refractivity contribution in [3.63, 3.8) is 0 Å². The lowest BCUT2D eigenvalue weighted by molar-refractivity contribution is -0.120. The van der Waals surface area contributed by atoms with Crippen LogP contribution in [0.5, 0.6) is 5.75 Å². The Morgan fingerprint density at radius 1 is 1.30 bits per heavy atom. The van der Waals surface area contributed by atoms with Gasteiger partial charge >= 0.3 is 0 Å². The zero-order valence-corrected chi connectivity index (χ0v) is 12.3. The molecule has 0 aliphatic heterocycles. The average Bonchev–Trinajstić information content (AvgIpc) is 2.37. The predicted octanol–water partition coefficient (Wildman–Crippen LogP) is 0.849. The minimum absolute atomic E-state index is 0.0772. The van der Waals surface area contributed by atoms with E-state index < -0.39 is 6.10 Å². The second kappa shape index (κ2) is 8.55. The van der Waals surface area contributed by atoms with Gasteiger partial charge in [0.1, 0.15) is 18.5 Å². The van der Waals surface area contributed by atoms with Crippen LogP contribution in [0.1, 0.15) is 19.4 Å². The molecule has 5 heteroatoms. The Morgan fingerprint density at radius 2 is 1.95 bits per heavy atom. The SMILES string of the molecule is Cc1ccc(OCC(O)CNCC(=O)NC(C)C)cc1. The van der Waals surface area contributed by atoms with Crippen molar-refractivity contribution in [3.05, 3.63) is 29.8 Å². The molecule has 0 aliphatic rings. The number of carbonyl (C=O) groups is 1. The maximum absolute atomic E-state index is 11.4. The lowest BCUT2D eigenvalue weighted by atomic mass is 10.2. The van der Waals surface area contributed by atoms with Crippen molar-refractivity contribution in [3.8, 4) is 5.75 Å². The Bertz CT molecular complexity index is 404. The van der Waals surface area contributed by atoms with Crippen molar-refractivity contribution in [2.45, 2.75) is 32.9 Å². The molecule has 1 aromatic carbocycles. The highest BCUT2D eigenvalue weighted by Gasteiger charge is 2.07. The number of nitrogens with one attached hydrogen (secondary N) is 2. The van der Waals surface area contributed by atoms with Crippen LogP contribution < -0.4 is 15.4 Å².